The highest BCUT2D eigenvalue weighted by Gasteiger charge is 2.23. The molecule has 0 atom stereocenters. The van der Waals surface area contributed by atoms with Gasteiger partial charge in [0.2, 0.25) is 5.91 Å². The third-order valence-corrected chi connectivity index (χ3v) is 7.17. The predicted octanol–water partition coefficient (Wildman–Crippen LogP) is 3.69. The monoisotopic (exact) mass is 474 g/mol. The molecule has 170 valence electrons. The van der Waals surface area contributed by atoms with Crippen molar-refractivity contribution in [2.24, 2.45) is 0 Å². The number of amides is 3. The topological polar surface area (TPSA) is 106 Å². The molecule has 10 heteroatoms. The molecule has 0 aromatic carbocycles. The minimum absolute atomic E-state index is 0.0429. The van der Waals surface area contributed by atoms with E-state index in [0.717, 1.165) is 43.0 Å². The number of nitrogens with one attached hydrogen (secondary N) is 2. The Balaban J connectivity index is 1.61. The number of thiophene rings is 1. The number of furan rings is 1. The molecule has 32 heavy (non-hydrogen) atoms. The number of hydrogen-bond donors (Lipinski definition) is 2. The van der Waals surface area contributed by atoms with Crippen LogP contribution in [0.2, 0.25) is 0 Å². The van der Waals surface area contributed by atoms with Crippen LogP contribution in [-0.2, 0) is 24.2 Å². The van der Waals surface area contributed by atoms with Crippen LogP contribution in [-0.4, -0.2) is 32.8 Å². The van der Waals surface area contributed by atoms with E-state index < -0.39 is 17.5 Å². The highest BCUT2D eigenvalue weighted by Crippen LogP contribution is 2.34. The molecule has 0 radical (unpaired) electrons. The molecule has 0 saturated heterocycles. The summed E-state index contributed by atoms with van der Waals surface area (Å²) in [5.41, 5.74) is 0.556. The summed E-state index contributed by atoms with van der Waals surface area (Å²) in [5, 5.41) is 6.13. The van der Waals surface area contributed by atoms with E-state index >= 15 is 0 Å². The van der Waals surface area contributed by atoms with Gasteiger partial charge in [-0.3, -0.25) is 19.5 Å². The van der Waals surface area contributed by atoms with Gasteiger partial charge in [0, 0.05) is 10.4 Å². The summed E-state index contributed by atoms with van der Waals surface area (Å²) in [6.07, 6.45) is 5.63. The van der Waals surface area contributed by atoms with Gasteiger partial charge in [0.05, 0.1) is 23.9 Å². The highest BCUT2D eigenvalue weighted by atomic mass is 32.2. The summed E-state index contributed by atoms with van der Waals surface area (Å²) in [7, 11) is 0. The lowest BCUT2D eigenvalue weighted by Gasteiger charge is -2.20. The number of carbonyl (C=O) groups excluding carboxylic acids is 2. The first kappa shape index (κ1) is 22.6. The van der Waals surface area contributed by atoms with Crippen LogP contribution in [0.25, 0.3) is 10.2 Å². The van der Waals surface area contributed by atoms with Gasteiger partial charge in [-0.05, 0) is 64.2 Å². The van der Waals surface area contributed by atoms with Crippen molar-refractivity contribution in [3.8, 4) is 0 Å². The SMILES string of the molecule is CC(C)(C)NC(=O)NC(=O)CSc1nc2sc3c(c2c(=O)n1Cc1ccco1)CCCC3. The fraction of sp³-hybridized carbons (Fsp3) is 0.455. The van der Waals surface area contributed by atoms with E-state index in [9.17, 15) is 14.4 Å². The summed E-state index contributed by atoms with van der Waals surface area (Å²) < 4.78 is 7.02. The minimum Gasteiger partial charge on any atom is -0.467 e. The summed E-state index contributed by atoms with van der Waals surface area (Å²) in [6, 6.07) is 3.02. The van der Waals surface area contributed by atoms with Crippen molar-refractivity contribution in [3.63, 3.8) is 0 Å². The zero-order chi connectivity index (χ0) is 22.9. The van der Waals surface area contributed by atoms with Crippen molar-refractivity contribution >= 4 is 45.3 Å². The predicted molar refractivity (Wildman–Crippen MR) is 125 cm³/mol. The van der Waals surface area contributed by atoms with E-state index in [0.29, 0.717) is 21.1 Å². The van der Waals surface area contributed by atoms with Crippen molar-refractivity contribution in [2.75, 3.05) is 5.75 Å². The standard InChI is InChI=1S/C22H26N4O4S2/c1-22(2,3)25-20(29)23-16(27)12-31-21-24-18-17(14-8-4-5-9-15(14)32-18)19(28)26(21)11-13-7-6-10-30-13/h6-7,10H,4-5,8-9,11-12H2,1-3H3,(H2,23,25,27,29). The number of aromatic nitrogens is 2. The summed E-state index contributed by atoms with van der Waals surface area (Å²) in [6.45, 7) is 5.73. The van der Waals surface area contributed by atoms with Crippen molar-refractivity contribution in [1.82, 2.24) is 20.2 Å². The number of carbonyl (C=O) groups is 2. The van der Waals surface area contributed by atoms with E-state index in [4.69, 9.17) is 9.40 Å². The molecule has 4 rings (SSSR count). The zero-order valence-corrected chi connectivity index (χ0v) is 20.0. The largest absolute Gasteiger partial charge is 0.467 e. The maximum absolute atomic E-state index is 13.5. The lowest BCUT2D eigenvalue weighted by Crippen LogP contribution is -2.48. The van der Waals surface area contributed by atoms with Crippen molar-refractivity contribution in [3.05, 3.63) is 45.0 Å². The smallest absolute Gasteiger partial charge is 0.321 e. The fourth-order valence-electron chi connectivity index (χ4n) is 3.69. The van der Waals surface area contributed by atoms with Crippen LogP contribution in [0.4, 0.5) is 4.79 Å². The first-order valence-electron chi connectivity index (χ1n) is 10.5. The molecule has 3 amide bonds. The van der Waals surface area contributed by atoms with Crippen LogP contribution in [0.1, 0.15) is 49.8 Å². The first-order valence-corrected chi connectivity index (χ1v) is 12.3. The molecule has 0 saturated carbocycles. The van der Waals surface area contributed by atoms with E-state index in [1.807, 2.05) is 20.8 Å². The number of hydrogen-bond acceptors (Lipinski definition) is 7. The maximum atomic E-state index is 13.5. The average Bonchev–Trinajstić information content (AvgIpc) is 3.34. The number of urea groups is 1. The van der Waals surface area contributed by atoms with Gasteiger partial charge in [0.15, 0.2) is 5.16 Å². The second-order valence-corrected chi connectivity index (χ2v) is 10.8. The summed E-state index contributed by atoms with van der Waals surface area (Å²) >= 11 is 2.71. The Morgan fingerprint density at radius 2 is 2.06 bits per heavy atom. The second-order valence-electron chi connectivity index (χ2n) is 8.80. The molecule has 3 heterocycles. The fourth-order valence-corrected chi connectivity index (χ4v) is 5.79. The molecular weight excluding hydrogens is 448 g/mol. The normalized spacial score (nSPS) is 13.7. The maximum Gasteiger partial charge on any atom is 0.321 e. The van der Waals surface area contributed by atoms with Gasteiger partial charge in [-0.1, -0.05) is 11.8 Å². The minimum atomic E-state index is -0.551. The number of rotatable bonds is 5. The Hall–Kier alpha value is -2.59. The van der Waals surface area contributed by atoms with Gasteiger partial charge in [0.1, 0.15) is 10.6 Å². The molecule has 1 aliphatic carbocycles. The lowest BCUT2D eigenvalue weighted by atomic mass is 9.97. The van der Waals surface area contributed by atoms with Gasteiger partial charge in [-0.25, -0.2) is 9.78 Å². The lowest BCUT2D eigenvalue weighted by molar-refractivity contribution is -0.117. The number of fused-ring (bicyclic) bond motifs is 3. The van der Waals surface area contributed by atoms with Gasteiger partial charge < -0.3 is 9.73 Å². The molecule has 0 bridgehead atoms. The molecule has 3 aromatic heterocycles. The van der Waals surface area contributed by atoms with E-state index in [2.05, 4.69) is 10.6 Å². The van der Waals surface area contributed by atoms with Gasteiger partial charge >= 0.3 is 6.03 Å². The van der Waals surface area contributed by atoms with Crippen molar-refractivity contribution in [2.45, 2.75) is 63.7 Å². The second kappa shape index (κ2) is 9.11. The molecule has 0 spiro atoms. The third kappa shape index (κ3) is 5.07. The third-order valence-electron chi connectivity index (χ3n) is 5.01. The Labute approximate surface area is 193 Å². The molecule has 8 nitrogen and oxygen atoms in total. The van der Waals surface area contributed by atoms with Crippen molar-refractivity contribution in [1.29, 1.82) is 0 Å². The number of aryl methyl sites for hydroxylation is 2. The average molecular weight is 475 g/mol. The van der Waals surface area contributed by atoms with Crippen molar-refractivity contribution < 1.29 is 14.0 Å². The molecule has 1 aliphatic rings. The molecule has 0 aliphatic heterocycles. The number of nitrogens with zero attached hydrogens (tertiary/aromatic N) is 2. The number of imide groups is 1. The van der Waals surface area contributed by atoms with Crippen LogP contribution in [0.3, 0.4) is 0 Å². The highest BCUT2D eigenvalue weighted by molar-refractivity contribution is 7.99. The Bertz CT molecular complexity index is 1210. The Morgan fingerprint density at radius 3 is 2.78 bits per heavy atom. The van der Waals surface area contributed by atoms with Gasteiger partial charge in [-0.15, -0.1) is 11.3 Å². The van der Waals surface area contributed by atoms with Crippen LogP contribution >= 0.6 is 23.1 Å². The molecule has 2 N–H and O–H groups in total. The molecule has 0 unspecified atom stereocenters. The van der Waals surface area contributed by atoms with Gasteiger partial charge in [-0.2, -0.15) is 0 Å². The van der Waals surface area contributed by atoms with E-state index in [1.165, 1.54) is 4.88 Å². The first-order chi connectivity index (χ1) is 15.2. The molecule has 3 aromatic rings. The Morgan fingerprint density at radius 1 is 1.28 bits per heavy atom. The van der Waals surface area contributed by atoms with Crippen LogP contribution < -0.4 is 16.2 Å². The Kier molecular flexibility index (Phi) is 6.43. The zero-order valence-electron chi connectivity index (χ0n) is 18.3. The summed E-state index contributed by atoms with van der Waals surface area (Å²) in [4.78, 5) is 44.5. The van der Waals surface area contributed by atoms with Crippen LogP contribution in [0.5, 0.6) is 0 Å². The number of thioether (sulfide) groups is 1. The molecule has 0 fully saturated rings. The summed E-state index contributed by atoms with van der Waals surface area (Å²) in [5.74, 6) is 0.132. The van der Waals surface area contributed by atoms with Gasteiger partial charge in [0.25, 0.3) is 5.56 Å². The van der Waals surface area contributed by atoms with E-state index in [-0.39, 0.29) is 17.9 Å². The van der Waals surface area contributed by atoms with E-state index in [1.54, 1.807) is 34.3 Å². The van der Waals surface area contributed by atoms with Crippen LogP contribution in [0.15, 0.2) is 32.8 Å². The van der Waals surface area contributed by atoms with Crippen LogP contribution in [0, 0.1) is 0 Å². The quantitative estimate of drug-likeness (QED) is 0.431. The molecular formula is C22H26N4O4S2.